The Balaban J connectivity index is 2.77. The minimum atomic E-state index is -0.342. The number of pyridine rings is 1. The Morgan fingerprint density at radius 1 is 1.47 bits per heavy atom. The van der Waals surface area contributed by atoms with Gasteiger partial charge in [-0.25, -0.2) is 9.37 Å². The SMILES string of the molecule is CNc1cc(COC)nc2c(Cl)ccc(F)c12. The minimum Gasteiger partial charge on any atom is -0.387 e. The van der Waals surface area contributed by atoms with Crippen LogP contribution < -0.4 is 5.32 Å². The van der Waals surface area contributed by atoms with Crippen molar-refractivity contribution in [2.45, 2.75) is 6.61 Å². The summed E-state index contributed by atoms with van der Waals surface area (Å²) in [5.41, 5.74) is 1.81. The molecule has 0 saturated carbocycles. The molecule has 17 heavy (non-hydrogen) atoms. The van der Waals surface area contributed by atoms with E-state index in [1.54, 1.807) is 20.2 Å². The van der Waals surface area contributed by atoms with E-state index in [1.165, 1.54) is 12.1 Å². The molecule has 0 atom stereocenters. The molecule has 0 aliphatic carbocycles. The Morgan fingerprint density at radius 3 is 2.88 bits per heavy atom. The zero-order valence-electron chi connectivity index (χ0n) is 9.55. The highest BCUT2D eigenvalue weighted by Crippen LogP contribution is 2.30. The summed E-state index contributed by atoms with van der Waals surface area (Å²) < 4.78 is 18.8. The Labute approximate surface area is 104 Å². The van der Waals surface area contributed by atoms with Gasteiger partial charge in [-0.2, -0.15) is 0 Å². The third-order valence-corrected chi connectivity index (χ3v) is 2.78. The zero-order valence-corrected chi connectivity index (χ0v) is 10.3. The maximum atomic E-state index is 13.8. The van der Waals surface area contributed by atoms with Crippen molar-refractivity contribution < 1.29 is 9.13 Å². The van der Waals surface area contributed by atoms with Crippen molar-refractivity contribution in [1.29, 1.82) is 0 Å². The van der Waals surface area contributed by atoms with Crippen molar-refractivity contribution in [3.8, 4) is 0 Å². The number of halogens is 2. The van der Waals surface area contributed by atoms with Crippen molar-refractivity contribution in [2.24, 2.45) is 0 Å². The Morgan fingerprint density at radius 2 is 2.24 bits per heavy atom. The van der Waals surface area contributed by atoms with Gasteiger partial charge in [-0.15, -0.1) is 0 Å². The van der Waals surface area contributed by atoms with E-state index in [2.05, 4.69) is 10.3 Å². The third kappa shape index (κ3) is 2.18. The van der Waals surface area contributed by atoms with Gasteiger partial charge in [-0.05, 0) is 18.2 Å². The van der Waals surface area contributed by atoms with Gasteiger partial charge in [0, 0.05) is 19.8 Å². The van der Waals surface area contributed by atoms with Crippen molar-refractivity contribution in [1.82, 2.24) is 4.98 Å². The average molecular weight is 255 g/mol. The zero-order chi connectivity index (χ0) is 12.4. The molecule has 0 unspecified atom stereocenters. The lowest BCUT2D eigenvalue weighted by Gasteiger charge is -2.10. The van der Waals surface area contributed by atoms with Crippen LogP contribution in [0.15, 0.2) is 18.2 Å². The van der Waals surface area contributed by atoms with Gasteiger partial charge in [0.15, 0.2) is 0 Å². The van der Waals surface area contributed by atoms with Crippen LogP contribution in [-0.2, 0) is 11.3 Å². The van der Waals surface area contributed by atoms with E-state index in [1.807, 2.05) is 0 Å². The number of anilines is 1. The molecule has 0 spiro atoms. The van der Waals surface area contributed by atoms with Crippen LogP contribution in [0.3, 0.4) is 0 Å². The molecule has 1 aromatic heterocycles. The number of hydrogen-bond donors (Lipinski definition) is 1. The Hall–Kier alpha value is -1.39. The van der Waals surface area contributed by atoms with Crippen molar-refractivity contribution >= 4 is 28.2 Å². The largest absolute Gasteiger partial charge is 0.387 e. The first kappa shape index (κ1) is 12.1. The fourth-order valence-electron chi connectivity index (χ4n) is 1.74. The summed E-state index contributed by atoms with van der Waals surface area (Å²) in [6.45, 7) is 0.359. The molecule has 0 aliphatic heterocycles. The molecule has 2 rings (SSSR count). The Kier molecular flexibility index (Phi) is 3.45. The van der Waals surface area contributed by atoms with Crippen molar-refractivity contribution in [3.63, 3.8) is 0 Å². The van der Waals surface area contributed by atoms with E-state index in [4.69, 9.17) is 16.3 Å². The number of methoxy groups -OCH3 is 1. The van der Waals surface area contributed by atoms with E-state index < -0.39 is 0 Å². The number of benzene rings is 1. The number of nitrogens with one attached hydrogen (secondary N) is 1. The molecular formula is C12H12ClFN2O. The van der Waals surface area contributed by atoms with Crippen LogP contribution in [-0.4, -0.2) is 19.1 Å². The number of nitrogens with zero attached hydrogens (tertiary/aromatic N) is 1. The second-order valence-corrected chi connectivity index (χ2v) is 4.00. The lowest BCUT2D eigenvalue weighted by Crippen LogP contribution is -1.99. The first-order valence-electron chi connectivity index (χ1n) is 5.11. The molecule has 0 bridgehead atoms. The molecule has 90 valence electrons. The molecule has 0 aliphatic rings. The standard InChI is InChI=1S/C12H12ClFN2O/c1-15-10-5-7(6-17-2)16-12-8(13)3-4-9(14)11(10)12/h3-5H,6H2,1-2H3,(H,15,16). The van der Waals surface area contributed by atoms with Gasteiger partial charge in [0.2, 0.25) is 0 Å². The molecule has 0 amide bonds. The summed E-state index contributed by atoms with van der Waals surface area (Å²) in [5, 5.41) is 3.77. The number of rotatable bonds is 3. The highest BCUT2D eigenvalue weighted by Gasteiger charge is 2.12. The first-order chi connectivity index (χ1) is 8.17. The molecule has 0 saturated heterocycles. The van der Waals surface area contributed by atoms with Gasteiger partial charge in [-0.1, -0.05) is 11.6 Å². The van der Waals surface area contributed by atoms with Crippen LogP contribution in [0.25, 0.3) is 10.9 Å². The van der Waals surface area contributed by atoms with Crippen LogP contribution in [0, 0.1) is 5.82 Å². The average Bonchev–Trinajstić information content (AvgIpc) is 2.33. The van der Waals surface area contributed by atoms with Crippen LogP contribution >= 0.6 is 11.6 Å². The summed E-state index contributed by atoms with van der Waals surface area (Å²) in [6, 6.07) is 4.59. The molecule has 1 aromatic carbocycles. The van der Waals surface area contributed by atoms with Crippen molar-refractivity contribution in [3.05, 3.63) is 34.7 Å². The summed E-state index contributed by atoms with van der Waals surface area (Å²) in [6.07, 6.45) is 0. The lowest BCUT2D eigenvalue weighted by molar-refractivity contribution is 0.182. The summed E-state index contributed by atoms with van der Waals surface area (Å²) in [5.74, 6) is -0.342. The predicted octanol–water partition coefficient (Wildman–Crippen LogP) is 3.22. The molecule has 1 N–H and O–H groups in total. The van der Waals surface area contributed by atoms with Gasteiger partial charge >= 0.3 is 0 Å². The molecule has 3 nitrogen and oxygen atoms in total. The highest BCUT2D eigenvalue weighted by atomic mass is 35.5. The monoisotopic (exact) mass is 254 g/mol. The van der Waals surface area contributed by atoms with Gasteiger partial charge in [0.1, 0.15) is 5.82 Å². The minimum absolute atomic E-state index is 0.342. The van der Waals surface area contributed by atoms with Crippen LogP contribution in [0.2, 0.25) is 5.02 Å². The highest BCUT2D eigenvalue weighted by molar-refractivity contribution is 6.35. The van der Waals surface area contributed by atoms with Gasteiger partial charge in [0.05, 0.1) is 28.2 Å². The first-order valence-corrected chi connectivity index (χ1v) is 5.49. The maximum absolute atomic E-state index is 13.8. The topological polar surface area (TPSA) is 34.1 Å². The van der Waals surface area contributed by atoms with E-state index in [0.717, 1.165) is 0 Å². The summed E-state index contributed by atoms with van der Waals surface area (Å²) in [4.78, 5) is 4.30. The number of ether oxygens (including phenoxy) is 1. The normalized spacial score (nSPS) is 10.8. The molecular weight excluding hydrogens is 243 g/mol. The fraction of sp³-hybridized carbons (Fsp3) is 0.250. The second kappa shape index (κ2) is 4.85. The summed E-state index contributed by atoms with van der Waals surface area (Å²) >= 11 is 6.03. The molecule has 0 fully saturated rings. The van der Waals surface area contributed by atoms with Crippen LogP contribution in [0.5, 0.6) is 0 Å². The molecule has 5 heteroatoms. The Bertz CT molecular complexity index is 560. The second-order valence-electron chi connectivity index (χ2n) is 3.60. The summed E-state index contributed by atoms with van der Waals surface area (Å²) in [7, 11) is 3.31. The van der Waals surface area contributed by atoms with E-state index in [-0.39, 0.29) is 5.82 Å². The molecule has 1 heterocycles. The number of aromatic nitrogens is 1. The quantitative estimate of drug-likeness (QED) is 0.913. The van der Waals surface area contributed by atoms with Crippen LogP contribution in [0.1, 0.15) is 5.69 Å². The van der Waals surface area contributed by atoms with Crippen LogP contribution in [0.4, 0.5) is 10.1 Å². The number of hydrogen-bond acceptors (Lipinski definition) is 3. The smallest absolute Gasteiger partial charge is 0.134 e. The van der Waals surface area contributed by atoms with Gasteiger partial charge in [0.25, 0.3) is 0 Å². The van der Waals surface area contributed by atoms with E-state index in [9.17, 15) is 4.39 Å². The molecule has 0 radical (unpaired) electrons. The fourth-order valence-corrected chi connectivity index (χ4v) is 1.94. The van der Waals surface area contributed by atoms with Gasteiger partial charge in [-0.3, -0.25) is 0 Å². The maximum Gasteiger partial charge on any atom is 0.134 e. The van der Waals surface area contributed by atoms with E-state index in [0.29, 0.717) is 33.9 Å². The lowest BCUT2D eigenvalue weighted by atomic mass is 10.1. The van der Waals surface area contributed by atoms with E-state index >= 15 is 0 Å². The van der Waals surface area contributed by atoms with Gasteiger partial charge < -0.3 is 10.1 Å². The molecule has 2 aromatic rings. The number of fused-ring (bicyclic) bond motifs is 1. The predicted molar refractivity (Wildman–Crippen MR) is 67.0 cm³/mol. The third-order valence-electron chi connectivity index (χ3n) is 2.48. The van der Waals surface area contributed by atoms with Crippen molar-refractivity contribution in [2.75, 3.05) is 19.5 Å².